The largest absolute Gasteiger partial charge is 0.497 e. The topological polar surface area (TPSA) is 94.2 Å². The molecule has 3 aromatic carbocycles. The average Bonchev–Trinajstić information content (AvgIpc) is 2.87. The molecule has 1 heterocycles. The summed E-state index contributed by atoms with van der Waals surface area (Å²) in [5.74, 6) is 0.690. The summed E-state index contributed by atoms with van der Waals surface area (Å²) in [5.41, 5.74) is 0.344. The van der Waals surface area contributed by atoms with Crippen molar-refractivity contribution in [3.8, 4) is 17.2 Å². The smallest absolute Gasteiger partial charge is 0.264 e. The number of benzene rings is 3. The number of amides is 1. The third-order valence-electron chi connectivity index (χ3n) is 6.14. The van der Waals surface area contributed by atoms with Gasteiger partial charge in [-0.3, -0.25) is 9.10 Å². The highest BCUT2D eigenvalue weighted by Gasteiger charge is 2.36. The molecule has 4 rings (SSSR count). The lowest BCUT2D eigenvalue weighted by atomic mass is 9.89. The Kier molecular flexibility index (Phi) is 7.82. The number of fused-ring (bicyclic) bond motifs is 1. The number of sulfonamides is 1. The number of nitrogens with one attached hydrogen (secondary N) is 1. The number of hydrogen-bond acceptors (Lipinski definition) is 6. The predicted molar refractivity (Wildman–Crippen MR) is 142 cm³/mol. The molecule has 1 aliphatic rings. The van der Waals surface area contributed by atoms with Crippen molar-refractivity contribution in [2.45, 2.75) is 43.7 Å². The van der Waals surface area contributed by atoms with E-state index in [1.54, 1.807) is 31.4 Å². The fourth-order valence-corrected chi connectivity index (χ4v) is 5.80. The van der Waals surface area contributed by atoms with Gasteiger partial charge in [0.15, 0.2) is 0 Å². The van der Waals surface area contributed by atoms with E-state index in [1.807, 2.05) is 26.8 Å². The van der Waals surface area contributed by atoms with E-state index in [2.05, 4.69) is 5.32 Å². The maximum Gasteiger partial charge on any atom is 0.264 e. The van der Waals surface area contributed by atoms with Crippen LogP contribution in [0.3, 0.4) is 0 Å². The lowest BCUT2D eigenvalue weighted by Crippen LogP contribution is -2.45. The molecule has 0 fully saturated rings. The Morgan fingerprint density at radius 1 is 1.08 bits per heavy atom. The first-order valence-corrected chi connectivity index (χ1v) is 13.6. The van der Waals surface area contributed by atoms with E-state index < -0.39 is 39.9 Å². The van der Waals surface area contributed by atoms with Crippen molar-refractivity contribution in [2.24, 2.45) is 0 Å². The minimum Gasteiger partial charge on any atom is -0.497 e. The molecule has 1 atom stereocenters. The molecule has 1 N–H and O–H groups in total. The SMILES string of the molecule is CCOc1ccc(S(=O)(=O)N(CC(=O)NC2CC(C)(C)Oc3cc(OC)ccc32)c2ccc(F)cc2)cc1. The Bertz CT molecular complexity index is 1390. The molecule has 1 unspecified atom stereocenters. The molecule has 0 bridgehead atoms. The Hall–Kier alpha value is -3.79. The second-order valence-electron chi connectivity index (χ2n) is 9.48. The van der Waals surface area contributed by atoms with Crippen molar-refractivity contribution in [1.82, 2.24) is 5.32 Å². The lowest BCUT2D eigenvalue weighted by molar-refractivity contribution is -0.120. The molecule has 38 heavy (non-hydrogen) atoms. The van der Waals surface area contributed by atoms with Crippen molar-refractivity contribution in [3.63, 3.8) is 0 Å². The summed E-state index contributed by atoms with van der Waals surface area (Å²) in [6.07, 6.45) is 0.472. The minimum atomic E-state index is -4.17. The van der Waals surface area contributed by atoms with Gasteiger partial charge in [0, 0.05) is 18.1 Å². The summed E-state index contributed by atoms with van der Waals surface area (Å²) >= 11 is 0. The summed E-state index contributed by atoms with van der Waals surface area (Å²) in [4.78, 5) is 13.3. The van der Waals surface area contributed by atoms with E-state index >= 15 is 0 Å². The van der Waals surface area contributed by atoms with E-state index in [4.69, 9.17) is 14.2 Å². The fourth-order valence-electron chi connectivity index (χ4n) is 4.38. The number of ether oxygens (including phenoxy) is 3. The number of carbonyl (C=O) groups excluding carboxylic acids is 1. The van der Waals surface area contributed by atoms with Crippen LogP contribution in [0.25, 0.3) is 0 Å². The van der Waals surface area contributed by atoms with E-state index in [1.165, 1.54) is 24.3 Å². The molecular formula is C28H31FN2O6S. The van der Waals surface area contributed by atoms with Gasteiger partial charge in [-0.2, -0.15) is 0 Å². The summed E-state index contributed by atoms with van der Waals surface area (Å²) in [7, 11) is -2.61. The molecule has 1 amide bonds. The first kappa shape index (κ1) is 27.3. The monoisotopic (exact) mass is 542 g/mol. The quantitative estimate of drug-likeness (QED) is 0.416. The Labute approximate surface area is 222 Å². The number of halogens is 1. The zero-order valence-corrected chi connectivity index (χ0v) is 22.5. The van der Waals surface area contributed by atoms with Crippen LogP contribution in [0.15, 0.2) is 71.6 Å². The molecule has 0 saturated heterocycles. The van der Waals surface area contributed by atoms with Gasteiger partial charge in [0.05, 0.1) is 30.3 Å². The average molecular weight is 543 g/mol. The molecule has 0 aliphatic carbocycles. The van der Waals surface area contributed by atoms with Gasteiger partial charge < -0.3 is 19.5 Å². The van der Waals surface area contributed by atoms with Crippen molar-refractivity contribution in [3.05, 3.63) is 78.1 Å². The van der Waals surface area contributed by atoms with Crippen molar-refractivity contribution in [1.29, 1.82) is 0 Å². The third kappa shape index (κ3) is 6.02. The summed E-state index contributed by atoms with van der Waals surface area (Å²) in [6, 6.07) is 15.8. The van der Waals surface area contributed by atoms with Gasteiger partial charge in [-0.15, -0.1) is 0 Å². The van der Waals surface area contributed by atoms with E-state index in [9.17, 15) is 17.6 Å². The zero-order chi connectivity index (χ0) is 27.5. The molecule has 10 heteroatoms. The van der Waals surface area contributed by atoms with Crippen molar-refractivity contribution < 1.29 is 31.8 Å². The molecular weight excluding hydrogens is 511 g/mol. The van der Waals surface area contributed by atoms with Crippen LogP contribution < -0.4 is 23.8 Å². The first-order valence-electron chi connectivity index (χ1n) is 12.2. The fraction of sp³-hybridized carbons (Fsp3) is 0.321. The molecule has 0 radical (unpaired) electrons. The van der Waals surface area contributed by atoms with Crippen LogP contribution in [0.4, 0.5) is 10.1 Å². The Balaban J connectivity index is 1.63. The maximum atomic E-state index is 13.7. The standard InChI is InChI=1S/C28H31FN2O6S/c1-5-36-21-10-13-23(14-11-21)38(33,34)31(20-8-6-19(29)7-9-20)18-27(32)30-25-17-28(2,3)37-26-16-22(35-4)12-15-24(25)26/h6-16,25H,5,17-18H2,1-4H3,(H,30,32). The highest BCUT2D eigenvalue weighted by atomic mass is 32.2. The molecule has 0 spiro atoms. The normalized spacial score (nSPS) is 16.1. The lowest BCUT2D eigenvalue weighted by Gasteiger charge is -2.38. The van der Waals surface area contributed by atoms with Crippen LogP contribution in [-0.4, -0.2) is 40.2 Å². The number of methoxy groups -OCH3 is 1. The number of anilines is 1. The molecule has 1 aliphatic heterocycles. The molecule has 0 aromatic heterocycles. The Morgan fingerprint density at radius 3 is 2.37 bits per heavy atom. The van der Waals surface area contributed by atoms with Crippen molar-refractivity contribution >= 4 is 21.6 Å². The summed E-state index contributed by atoms with van der Waals surface area (Å²) in [5, 5.41) is 2.97. The van der Waals surface area contributed by atoms with Gasteiger partial charge >= 0.3 is 0 Å². The van der Waals surface area contributed by atoms with E-state index in [0.29, 0.717) is 30.3 Å². The number of hydrogen-bond donors (Lipinski definition) is 1. The van der Waals surface area contributed by atoms with Crippen LogP contribution in [0.2, 0.25) is 0 Å². The van der Waals surface area contributed by atoms with Crippen LogP contribution in [0.1, 0.15) is 38.8 Å². The Morgan fingerprint density at radius 2 is 1.74 bits per heavy atom. The van der Waals surface area contributed by atoms with Gasteiger partial charge in [-0.05, 0) is 81.4 Å². The van der Waals surface area contributed by atoms with Crippen molar-refractivity contribution in [2.75, 3.05) is 24.6 Å². The molecule has 202 valence electrons. The van der Waals surface area contributed by atoms with Crippen LogP contribution in [0.5, 0.6) is 17.2 Å². The second-order valence-corrected chi connectivity index (χ2v) is 11.3. The van der Waals surface area contributed by atoms with Crippen LogP contribution in [0, 0.1) is 5.82 Å². The number of carbonyl (C=O) groups is 1. The van der Waals surface area contributed by atoms with Gasteiger partial charge in [0.2, 0.25) is 5.91 Å². The predicted octanol–water partition coefficient (Wildman–Crippen LogP) is 4.85. The minimum absolute atomic E-state index is 0.0253. The highest BCUT2D eigenvalue weighted by Crippen LogP contribution is 2.41. The first-order chi connectivity index (χ1) is 18.0. The molecule has 3 aromatic rings. The van der Waals surface area contributed by atoms with Gasteiger partial charge in [0.25, 0.3) is 10.0 Å². The maximum absolute atomic E-state index is 13.7. The summed E-state index contributed by atoms with van der Waals surface area (Å²) < 4.78 is 58.7. The number of nitrogens with zero attached hydrogens (tertiary/aromatic N) is 1. The molecule has 0 saturated carbocycles. The van der Waals surface area contributed by atoms with Crippen LogP contribution >= 0.6 is 0 Å². The van der Waals surface area contributed by atoms with E-state index in [-0.39, 0.29) is 10.6 Å². The highest BCUT2D eigenvalue weighted by molar-refractivity contribution is 7.92. The van der Waals surface area contributed by atoms with Gasteiger partial charge in [-0.1, -0.05) is 0 Å². The number of rotatable bonds is 9. The summed E-state index contributed by atoms with van der Waals surface area (Å²) in [6.45, 7) is 5.58. The van der Waals surface area contributed by atoms with Gasteiger partial charge in [0.1, 0.15) is 35.2 Å². The third-order valence-corrected chi connectivity index (χ3v) is 7.93. The molecule has 8 nitrogen and oxygen atoms in total. The second kappa shape index (κ2) is 10.9. The zero-order valence-electron chi connectivity index (χ0n) is 21.7. The van der Waals surface area contributed by atoms with E-state index in [0.717, 1.165) is 22.0 Å². The van der Waals surface area contributed by atoms with Crippen LogP contribution in [-0.2, 0) is 14.8 Å². The van der Waals surface area contributed by atoms with Gasteiger partial charge in [-0.25, -0.2) is 12.8 Å².